The standard InChI is InChI=1S/C20H19NO6/c1-3-15(19(23)24)21-17(22)10-26-16-9-8-13-12-6-4-5-7-14(12)20(25)27-18(13)11(16)2/h4-9,15H,3,10H2,1-2H3,(H,21,22)(H,23,24)/t15-/m1/s1. The fraction of sp³-hybridized carbons (Fsp3) is 0.250. The second kappa shape index (κ2) is 7.49. The molecule has 0 spiro atoms. The van der Waals surface area contributed by atoms with E-state index in [2.05, 4.69) is 5.32 Å². The summed E-state index contributed by atoms with van der Waals surface area (Å²) in [7, 11) is 0. The van der Waals surface area contributed by atoms with Crippen molar-refractivity contribution in [1.82, 2.24) is 5.32 Å². The van der Waals surface area contributed by atoms with E-state index < -0.39 is 23.5 Å². The Morgan fingerprint density at radius 2 is 1.85 bits per heavy atom. The SMILES string of the molecule is CC[C@@H](NC(=O)COc1ccc2c(oc(=O)c3ccccc32)c1C)C(=O)O. The molecule has 0 unspecified atom stereocenters. The second-order valence-electron chi connectivity index (χ2n) is 6.16. The van der Waals surface area contributed by atoms with Crippen LogP contribution in [0.4, 0.5) is 0 Å². The normalized spacial score (nSPS) is 12.1. The number of fused-ring (bicyclic) bond motifs is 3. The number of carboxylic acid groups (broad SMARTS) is 1. The quantitative estimate of drug-likeness (QED) is 0.511. The van der Waals surface area contributed by atoms with Crippen LogP contribution in [0.5, 0.6) is 5.75 Å². The number of benzene rings is 2. The zero-order chi connectivity index (χ0) is 19.6. The Morgan fingerprint density at radius 1 is 1.15 bits per heavy atom. The van der Waals surface area contributed by atoms with Gasteiger partial charge in [0.25, 0.3) is 5.91 Å². The number of carboxylic acids is 1. The van der Waals surface area contributed by atoms with E-state index in [4.69, 9.17) is 14.3 Å². The van der Waals surface area contributed by atoms with Gasteiger partial charge in [0.1, 0.15) is 17.4 Å². The van der Waals surface area contributed by atoms with Gasteiger partial charge in [0.15, 0.2) is 6.61 Å². The minimum atomic E-state index is -1.10. The van der Waals surface area contributed by atoms with E-state index in [1.165, 1.54) is 0 Å². The van der Waals surface area contributed by atoms with Crippen LogP contribution >= 0.6 is 0 Å². The fourth-order valence-corrected chi connectivity index (χ4v) is 2.93. The average Bonchev–Trinajstić information content (AvgIpc) is 2.66. The second-order valence-corrected chi connectivity index (χ2v) is 6.16. The smallest absolute Gasteiger partial charge is 0.344 e. The molecule has 0 aliphatic rings. The highest BCUT2D eigenvalue weighted by Crippen LogP contribution is 2.30. The molecule has 0 saturated heterocycles. The highest BCUT2D eigenvalue weighted by Gasteiger charge is 2.18. The van der Waals surface area contributed by atoms with Crippen molar-refractivity contribution < 1.29 is 23.8 Å². The molecule has 1 aromatic heterocycles. The predicted molar refractivity (Wildman–Crippen MR) is 100 cm³/mol. The third-order valence-corrected chi connectivity index (χ3v) is 4.39. The Labute approximate surface area is 154 Å². The van der Waals surface area contributed by atoms with Crippen LogP contribution < -0.4 is 15.7 Å². The summed E-state index contributed by atoms with van der Waals surface area (Å²) in [4.78, 5) is 35.1. The molecule has 3 rings (SSSR count). The minimum absolute atomic E-state index is 0.272. The average molecular weight is 369 g/mol. The van der Waals surface area contributed by atoms with Gasteiger partial charge >= 0.3 is 11.6 Å². The largest absolute Gasteiger partial charge is 0.483 e. The van der Waals surface area contributed by atoms with Crippen molar-refractivity contribution in [1.29, 1.82) is 0 Å². The lowest BCUT2D eigenvalue weighted by molar-refractivity contribution is -0.142. The monoisotopic (exact) mass is 369 g/mol. The Bertz CT molecular complexity index is 1080. The van der Waals surface area contributed by atoms with Crippen LogP contribution in [0.25, 0.3) is 21.7 Å². The first kappa shape index (κ1) is 18.4. The third kappa shape index (κ3) is 3.62. The zero-order valence-electron chi connectivity index (χ0n) is 14.9. The highest BCUT2D eigenvalue weighted by atomic mass is 16.5. The summed E-state index contributed by atoms with van der Waals surface area (Å²) >= 11 is 0. The van der Waals surface area contributed by atoms with Crippen molar-refractivity contribution in [3.05, 3.63) is 52.4 Å². The number of ether oxygens (including phenoxy) is 1. The zero-order valence-corrected chi connectivity index (χ0v) is 14.9. The topological polar surface area (TPSA) is 106 Å². The van der Waals surface area contributed by atoms with Crippen LogP contribution in [-0.2, 0) is 9.59 Å². The van der Waals surface area contributed by atoms with E-state index in [0.717, 1.165) is 10.8 Å². The molecule has 0 saturated carbocycles. The molecule has 1 heterocycles. The maximum absolute atomic E-state index is 12.2. The van der Waals surface area contributed by atoms with Gasteiger partial charge in [-0.05, 0) is 36.9 Å². The molecule has 1 amide bonds. The lowest BCUT2D eigenvalue weighted by Crippen LogP contribution is -2.42. The number of carbonyl (C=O) groups excluding carboxylic acids is 1. The molecule has 140 valence electrons. The molecule has 0 fully saturated rings. The van der Waals surface area contributed by atoms with E-state index in [1.807, 2.05) is 12.1 Å². The molecule has 2 N–H and O–H groups in total. The number of amides is 1. The van der Waals surface area contributed by atoms with Crippen LogP contribution in [0, 0.1) is 6.92 Å². The lowest BCUT2D eigenvalue weighted by Gasteiger charge is -2.14. The number of carbonyl (C=O) groups is 2. The van der Waals surface area contributed by atoms with Crippen molar-refractivity contribution >= 4 is 33.6 Å². The van der Waals surface area contributed by atoms with Gasteiger partial charge in [-0.3, -0.25) is 4.79 Å². The molecule has 3 aromatic rings. The van der Waals surface area contributed by atoms with Crippen LogP contribution in [0.15, 0.2) is 45.6 Å². The fourth-order valence-electron chi connectivity index (χ4n) is 2.93. The molecule has 7 nitrogen and oxygen atoms in total. The predicted octanol–water partition coefficient (Wildman–Crippen LogP) is 2.61. The van der Waals surface area contributed by atoms with Gasteiger partial charge in [-0.15, -0.1) is 0 Å². The summed E-state index contributed by atoms with van der Waals surface area (Å²) in [5.41, 5.74) is 0.547. The lowest BCUT2D eigenvalue weighted by atomic mass is 10.0. The number of aliphatic carboxylic acids is 1. The van der Waals surface area contributed by atoms with E-state index in [0.29, 0.717) is 22.3 Å². The van der Waals surface area contributed by atoms with Gasteiger partial charge in [-0.25, -0.2) is 9.59 Å². The summed E-state index contributed by atoms with van der Waals surface area (Å²) in [6.45, 7) is 3.06. The first-order chi connectivity index (χ1) is 12.9. The minimum Gasteiger partial charge on any atom is -0.483 e. The molecule has 1 atom stereocenters. The Morgan fingerprint density at radius 3 is 2.52 bits per heavy atom. The number of rotatable bonds is 6. The van der Waals surface area contributed by atoms with E-state index in [9.17, 15) is 14.4 Å². The van der Waals surface area contributed by atoms with E-state index in [-0.39, 0.29) is 13.0 Å². The first-order valence-electron chi connectivity index (χ1n) is 8.52. The van der Waals surface area contributed by atoms with Gasteiger partial charge in [0.2, 0.25) is 0 Å². The van der Waals surface area contributed by atoms with Gasteiger partial charge < -0.3 is 19.6 Å². The van der Waals surface area contributed by atoms with Crippen LogP contribution in [0.1, 0.15) is 18.9 Å². The van der Waals surface area contributed by atoms with Crippen molar-refractivity contribution in [3.8, 4) is 5.75 Å². The molecule has 0 aliphatic heterocycles. The number of hydrogen-bond donors (Lipinski definition) is 2. The van der Waals surface area contributed by atoms with Crippen molar-refractivity contribution in [3.63, 3.8) is 0 Å². The molecule has 0 bridgehead atoms. The van der Waals surface area contributed by atoms with E-state index in [1.54, 1.807) is 38.1 Å². The molecule has 0 radical (unpaired) electrons. The molecule has 27 heavy (non-hydrogen) atoms. The molecule has 2 aromatic carbocycles. The Kier molecular flexibility index (Phi) is 5.12. The molecule has 7 heteroatoms. The van der Waals surface area contributed by atoms with Gasteiger partial charge in [-0.1, -0.05) is 25.1 Å². The summed E-state index contributed by atoms with van der Waals surface area (Å²) in [6.07, 6.45) is 0.272. The van der Waals surface area contributed by atoms with Gasteiger partial charge in [0, 0.05) is 10.9 Å². The van der Waals surface area contributed by atoms with Crippen molar-refractivity contribution in [2.24, 2.45) is 0 Å². The summed E-state index contributed by atoms with van der Waals surface area (Å²) in [5.74, 6) is -1.25. The number of hydrogen-bond acceptors (Lipinski definition) is 5. The molecular formula is C20H19NO6. The Hall–Kier alpha value is -3.35. The maximum atomic E-state index is 12.2. The Balaban J connectivity index is 1.87. The van der Waals surface area contributed by atoms with Crippen LogP contribution in [-0.4, -0.2) is 29.6 Å². The third-order valence-electron chi connectivity index (χ3n) is 4.39. The number of aryl methyl sites for hydroxylation is 1. The maximum Gasteiger partial charge on any atom is 0.344 e. The van der Waals surface area contributed by atoms with Crippen LogP contribution in [0.3, 0.4) is 0 Å². The van der Waals surface area contributed by atoms with Gasteiger partial charge in [0.05, 0.1) is 5.39 Å². The first-order valence-corrected chi connectivity index (χ1v) is 8.52. The van der Waals surface area contributed by atoms with Crippen molar-refractivity contribution in [2.45, 2.75) is 26.3 Å². The molecule has 0 aliphatic carbocycles. The molecular weight excluding hydrogens is 350 g/mol. The van der Waals surface area contributed by atoms with Gasteiger partial charge in [-0.2, -0.15) is 0 Å². The highest BCUT2D eigenvalue weighted by molar-refractivity contribution is 6.05. The van der Waals surface area contributed by atoms with Crippen molar-refractivity contribution in [2.75, 3.05) is 6.61 Å². The summed E-state index contributed by atoms with van der Waals surface area (Å²) in [6, 6.07) is 9.69. The summed E-state index contributed by atoms with van der Waals surface area (Å²) < 4.78 is 11.0. The number of nitrogens with one attached hydrogen (secondary N) is 1. The van der Waals surface area contributed by atoms with Crippen LogP contribution in [0.2, 0.25) is 0 Å². The summed E-state index contributed by atoms with van der Waals surface area (Å²) in [5, 5.41) is 13.4. The van der Waals surface area contributed by atoms with E-state index >= 15 is 0 Å².